The molecular formula is C30H42N2O5. The summed E-state index contributed by atoms with van der Waals surface area (Å²) in [7, 11) is 6.68. The van der Waals surface area contributed by atoms with Crippen LogP contribution >= 0.6 is 0 Å². The lowest BCUT2D eigenvalue weighted by Crippen LogP contribution is -2.46. The van der Waals surface area contributed by atoms with Crippen molar-refractivity contribution < 1.29 is 23.7 Å². The highest BCUT2D eigenvalue weighted by Gasteiger charge is 2.37. The fourth-order valence-electron chi connectivity index (χ4n) is 6.05. The van der Waals surface area contributed by atoms with E-state index in [4.69, 9.17) is 18.9 Å². The van der Waals surface area contributed by atoms with E-state index in [1.165, 1.54) is 24.8 Å². The lowest BCUT2D eigenvalue weighted by Gasteiger charge is -2.37. The Kier molecular flexibility index (Phi) is 9.69. The van der Waals surface area contributed by atoms with Crippen LogP contribution in [0.15, 0.2) is 42.5 Å². The first-order chi connectivity index (χ1) is 18.0. The number of likely N-dealkylation sites (tertiary alicyclic amines) is 1. The Balaban J connectivity index is 1.59. The van der Waals surface area contributed by atoms with Gasteiger partial charge in [0.15, 0.2) is 0 Å². The molecule has 1 saturated heterocycles. The number of carbonyl (C=O) groups excluding carboxylic acids is 1. The zero-order valence-corrected chi connectivity index (χ0v) is 22.8. The van der Waals surface area contributed by atoms with E-state index in [-0.39, 0.29) is 12.5 Å². The Labute approximate surface area is 221 Å². The van der Waals surface area contributed by atoms with Crippen molar-refractivity contribution in [2.24, 2.45) is 5.92 Å². The van der Waals surface area contributed by atoms with Crippen molar-refractivity contribution in [2.45, 2.75) is 50.6 Å². The number of hydrogen-bond donors (Lipinski definition) is 0. The average molecular weight is 511 g/mol. The average Bonchev–Trinajstić information content (AvgIpc) is 3.34. The highest BCUT2D eigenvalue weighted by Crippen LogP contribution is 2.37. The fraction of sp³-hybridized carbons (Fsp3) is 0.567. The fourth-order valence-corrected chi connectivity index (χ4v) is 6.05. The summed E-state index contributed by atoms with van der Waals surface area (Å²) in [4.78, 5) is 17.9. The molecule has 2 atom stereocenters. The summed E-state index contributed by atoms with van der Waals surface area (Å²) in [5, 5.41) is 0. The first-order valence-corrected chi connectivity index (χ1v) is 13.4. The predicted octanol–water partition coefficient (Wildman–Crippen LogP) is 4.74. The second-order valence-corrected chi connectivity index (χ2v) is 10.3. The maximum Gasteiger partial charge on any atom is 0.248 e. The van der Waals surface area contributed by atoms with Gasteiger partial charge in [-0.3, -0.25) is 9.69 Å². The third kappa shape index (κ3) is 6.96. The Bertz CT molecular complexity index is 1000. The molecule has 1 heterocycles. The molecule has 2 unspecified atom stereocenters. The summed E-state index contributed by atoms with van der Waals surface area (Å²) in [5.74, 6) is 3.17. The number of amides is 1. The molecule has 2 aromatic carbocycles. The number of hydrogen-bond acceptors (Lipinski definition) is 6. The van der Waals surface area contributed by atoms with E-state index in [9.17, 15) is 4.79 Å². The maximum atomic E-state index is 13.2. The predicted molar refractivity (Wildman–Crippen MR) is 145 cm³/mol. The zero-order valence-electron chi connectivity index (χ0n) is 22.8. The quantitative estimate of drug-likeness (QED) is 0.435. The lowest BCUT2D eigenvalue weighted by atomic mass is 9.87. The second kappa shape index (κ2) is 13.2. The molecule has 0 spiro atoms. The Morgan fingerprint density at radius 3 is 2.24 bits per heavy atom. The van der Waals surface area contributed by atoms with Crippen molar-refractivity contribution >= 4 is 5.91 Å². The van der Waals surface area contributed by atoms with Gasteiger partial charge in [-0.25, -0.2) is 0 Å². The number of benzene rings is 2. The smallest absolute Gasteiger partial charge is 0.248 e. The van der Waals surface area contributed by atoms with Crippen molar-refractivity contribution in [1.82, 2.24) is 9.80 Å². The van der Waals surface area contributed by atoms with Crippen molar-refractivity contribution in [2.75, 3.05) is 54.7 Å². The number of carbonyl (C=O) groups is 1. The molecule has 1 aliphatic heterocycles. The monoisotopic (exact) mass is 510 g/mol. The number of ether oxygens (including phenoxy) is 4. The van der Waals surface area contributed by atoms with E-state index >= 15 is 0 Å². The molecule has 0 aromatic heterocycles. The van der Waals surface area contributed by atoms with Gasteiger partial charge in [-0.2, -0.15) is 0 Å². The summed E-state index contributed by atoms with van der Waals surface area (Å²) in [6, 6.07) is 14.8. The SMILES string of the molecule is COCC(=O)N(CC1CN(Cc2cc(OC)cc(OC)c2)CC1c1cccc(OC)c1)C1CCCCC1. The highest BCUT2D eigenvalue weighted by molar-refractivity contribution is 5.77. The van der Waals surface area contributed by atoms with Crippen molar-refractivity contribution in [3.8, 4) is 17.2 Å². The van der Waals surface area contributed by atoms with Crippen LogP contribution in [0.1, 0.15) is 49.1 Å². The van der Waals surface area contributed by atoms with Gasteiger partial charge in [0.1, 0.15) is 23.9 Å². The van der Waals surface area contributed by atoms with Gasteiger partial charge >= 0.3 is 0 Å². The molecule has 4 rings (SSSR count). The molecule has 2 aromatic rings. The van der Waals surface area contributed by atoms with Gasteiger partial charge in [0.2, 0.25) is 5.91 Å². The number of methoxy groups -OCH3 is 4. The van der Waals surface area contributed by atoms with E-state index in [1.807, 2.05) is 12.1 Å². The molecule has 1 saturated carbocycles. The van der Waals surface area contributed by atoms with Crippen LogP contribution in [0.25, 0.3) is 0 Å². The van der Waals surface area contributed by atoms with Gasteiger partial charge in [0.05, 0.1) is 21.3 Å². The molecule has 37 heavy (non-hydrogen) atoms. The molecule has 2 fully saturated rings. The summed E-state index contributed by atoms with van der Waals surface area (Å²) in [5.41, 5.74) is 2.42. The summed E-state index contributed by atoms with van der Waals surface area (Å²) in [6.07, 6.45) is 5.81. The van der Waals surface area contributed by atoms with E-state index in [2.05, 4.69) is 40.1 Å². The van der Waals surface area contributed by atoms with Gasteiger partial charge in [0, 0.05) is 51.3 Å². The summed E-state index contributed by atoms with van der Waals surface area (Å²) >= 11 is 0. The Morgan fingerprint density at radius 1 is 0.892 bits per heavy atom. The van der Waals surface area contributed by atoms with Gasteiger partial charge in [-0.15, -0.1) is 0 Å². The van der Waals surface area contributed by atoms with E-state index in [1.54, 1.807) is 28.4 Å². The van der Waals surface area contributed by atoms with Crippen LogP contribution < -0.4 is 14.2 Å². The molecule has 1 amide bonds. The van der Waals surface area contributed by atoms with Crippen LogP contribution in [0.3, 0.4) is 0 Å². The van der Waals surface area contributed by atoms with Crippen LogP contribution in [-0.4, -0.2) is 76.4 Å². The second-order valence-electron chi connectivity index (χ2n) is 10.3. The molecular weight excluding hydrogens is 468 g/mol. The van der Waals surface area contributed by atoms with Crippen LogP contribution in [0.4, 0.5) is 0 Å². The largest absolute Gasteiger partial charge is 0.497 e. The van der Waals surface area contributed by atoms with Crippen LogP contribution in [-0.2, 0) is 16.1 Å². The van der Waals surface area contributed by atoms with Crippen molar-refractivity contribution in [3.05, 3.63) is 53.6 Å². The minimum atomic E-state index is 0.106. The normalized spacial score (nSPS) is 20.5. The van der Waals surface area contributed by atoms with Gasteiger partial charge in [-0.05, 0) is 54.2 Å². The van der Waals surface area contributed by atoms with Crippen molar-refractivity contribution in [3.63, 3.8) is 0 Å². The number of rotatable bonds is 11. The first kappa shape index (κ1) is 27.3. The summed E-state index contributed by atoms with van der Waals surface area (Å²) in [6.45, 7) is 3.49. The molecule has 0 radical (unpaired) electrons. The Morgan fingerprint density at radius 2 is 1.59 bits per heavy atom. The third-order valence-electron chi connectivity index (χ3n) is 7.89. The molecule has 0 N–H and O–H groups in total. The molecule has 7 heteroatoms. The zero-order chi connectivity index (χ0) is 26.2. The molecule has 0 bridgehead atoms. The molecule has 7 nitrogen and oxygen atoms in total. The van der Waals surface area contributed by atoms with E-state index in [0.717, 1.165) is 61.8 Å². The molecule has 2 aliphatic rings. The van der Waals surface area contributed by atoms with E-state index in [0.29, 0.717) is 17.9 Å². The highest BCUT2D eigenvalue weighted by atomic mass is 16.5. The maximum absolute atomic E-state index is 13.2. The van der Waals surface area contributed by atoms with Crippen LogP contribution in [0.5, 0.6) is 17.2 Å². The minimum Gasteiger partial charge on any atom is -0.497 e. The summed E-state index contributed by atoms with van der Waals surface area (Å²) < 4.78 is 21.8. The van der Waals surface area contributed by atoms with E-state index < -0.39 is 0 Å². The topological polar surface area (TPSA) is 60.5 Å². The standard InChI is InChI=1S/C30H42N2O5/c1-34-21-30(33)32(25-10-6-5-7-11-25)19-24-18-31(17-22-13-27(36-3)16-28(14-22)37-4)20-29(24)23-9-8-12-26(15-23)35-2/h8-9,12-16,24-25,29H,5-7,10-11,17-21H2,1-4H3. The number of nitrogens with zero attached hydrogens (tertiary/aromatic N) is 2. The third-order valence-corrected chi connectivity index (χ3v) is 7.89. The molecule has 202 valence electrons. The van der Waals surface area contributed by atoms with Crippen LogP contribution in [0, 0.1) is 5.92 Å². The Hall–Kier alpha value is -2.77. The molecule has 1 aliphatic carbocycles. The van der Waals surface area contributed by atoms with Gasteiger partial charge in [0.25, 0.3) is 0 Å². The first-order valence-electron chi connectivity index (χ1n) is 13.4. The minimum absolute atomic E-state index is 0.106. The van der Waals surface area contributed by atoms with Gasteiger partial charge < -0.3 is 23.8 Å². The van der Waals surface area contributed by atoms with Crippen molar-refractivity contribution in [1.29, 1.82) is 0 Å². The van der Waals surface area contributed by atoms with Gasteiger partial charge in [-0.1, -0.05) is 31.4 Å². The lowest BCUT2D eigenvalue weighted by molar-refractivity contribution is -0.139. The van der Waals surface area contributed by atoms with Crippen LogP contribution in [0.2, 0.25) is 0 Å².